The van der Waals surface area contributed by atoms with Crippen molar-refractivity contribution in [2.24, 2.45) is 0 Å². The van der Waals surface area contributed by atoms with Crippen LogP contribution in [-0.4, -0.2) is 31.0 Å². The zero-order valence-electron chi connectivity index (χ0n) is 19.1. The molecule has 4 heterocycles. The highest BCUT2D eigenvalue weighted by Gasteiger charge is 2.24. The first kappa shape index (κ1) is 20.4. The molecule has 1 aliphatic carbocycles. The number of pyridine rings is 1. The van der Waals surface area contributed by atoms with Crippen LogP contribution in [0, 0.1) is 20.8 Å². The van der Waals surface area contributed by atoms with E-state index in [9.17, 15) is 0 Å². The molecule has 31 heavy (non-hydrogen) atoms. The van der Waals surface area contributed by atoms with Crippen LogP contribution in [0.4, 0.5) is 0 Å². The van der Waals surface area contributed by atoms with Gasteiger partial charge in [0.05, 0.1) is 0 Å². The summed E-state index contributed by atoms with van der Waals surface area (Å²) in [6, 6.07) is 6.45. The zero-order chi connectivity index (χ0) is 21.4. The van der Waals surface area contributed by atoms with Gasteiger partial charge in [0.1, 0.15) is 11.6 Å². The summed E-state index contributed by atoms with van der Waals surface area (Å²) in [6.45, 7) is 9.47. The Morgan fingerprint density at radius 3 is 2.71 bits per heavy atom. The number of hydrogen-bond acceptors (Lipinski definition) is 4. The lowest BCUT2D eigenvalue weighted by Crippen LogP contribution is -2.31. The number of aromatic nitrogens is 4. The van der Waals surface area contributed by atoms with Crippen LogP contribution in [0.15, 0.2) is 30.6 Å². The molecule has 1 aliphatic heterocycles. The molecule has 0 radical (unpaired) electrons. The molecule has 0 saturated heterocycles. The van der Waals surface area contributed by atoms with Crippen LogP contribution >= 0.6 is 0 Å². The molecular weight excluding hydrogens is 382 g/mol. The SMILES string of the molecule is Cc1cccnc1-n1c(C)cc(CN2CCc3nc(C4CCCCC4)ncc3C2)c1C. The Bertz CT molecular complexity index is 1080. The molecule has 162 valence electrons. The van der Waals surface area contributed by atoms with Gasteiger partial charge in [-0.2, -0.15) is 0 Å². The molecular formula is C26H33N5. The van der Waals surface area contributed by atoms with Crippen LogP contribution in [0.25, 0.3) is 5.82 Å². The van der Waals surface area contributed by atoms with Crippen LogP contribution in [-0.2, 0) is 19.5 Å². The maximum atomic E-state index is 5.01. The van der Waals surface area contributed by atoms with Gasteiger partial charge in [0.25, 0.3) is 0 Å². The molecule has 5 nitrogen and oxygen atoms in total. The molecule has 1 fully saturated rings. The largest absolute Gasteiger partial charge is 0.303 e. The fourth-order valence-electron chi connectivity index (χ4n) is 5.35. The minimum Gasteiger partial charge on any atom is -0.303 e. The van der Waals surface area contributed by atoms with Gasteiger partial charge in [0.15, 0.2) is 0 Å². The lowest BCUT2D eigenvalue weighted by Gasteiger charge is -2.29. The van der Waals surface area contributed by atoms with Crippen LogP contribution in [0.1, 0.15) is 77.6 Å². The third-order valence-corrected chi connectivity index (χ3v) is 7.13. The highest BCUT2D eigenvalue weighted by atomic mass is 15.1. The topological polar surface area (TPSA) is 46.8 Å². The number of nitrogens with zero attached hydrogens (tertiary/aromatic N) is 5. The third-order valence-electron chi connectivity index (χ3n) is 7.13. The predicted molar refractivity (Wildman–Crippen MR) is 123 cm³/mol. The van der Waals surface area contributed by atoms with Crippen molar-refractivity contribution >= 4 is 0 Å². The van der Waals surface area contributed by atoms with Gasteiger partial charge in [0, 0.05) is 67.0 Å². The van der Waals surface area contributed by atoms with Crippen molar-refractivity contribution in [3.05, 3.63) is 70.2 Å². The van der Waals surface area contributed by atoms with Crippen molar-refractivity contribution in [3.8, 4) is 5.82 Å². The van der Waals surface area contributed by atoms with Crippen LogP contribution in [0.2, 0.25) is 0 Å². The number of fused-ring (bicyclic) bond motifs is 1. The molecule has 0 amide bonds. The molecule has 1 saturated carbocycles. The average molecular weight is 416 g/mol. The Morgan fingerprint density at radius 1 is 1.06 bits per heavy atom. The molecule has 5 heteroatoms. The smallest absolute Gasteiger partial charge is 0.139 e. The number of hydrogen-bond donors (Lipinski definition) is 0. The maximum absolute atomic E-state index is 5.01. The van der Waals surface area contributed by atoms with Crippen molar-refractivity contribution < 1.29 is 0 Å². The normalized spacial score (nSPS) is 17.6. The summed E-state index contributed by atoms with van der Waals surface area (Å²) in [4.78, 5) is 17.0. The lowest BCUT2D eigenvalue weighted by atomic mass is 9.88. The number of aryl methyl sites for hydroxylation is 2. The standard InChI is InChI=1S/C26H33N5/c1-18-8-7-12-27-26(18)31-19(2)14-22(20(31)3)16-30-13-11-24-23(17-30)15-28-25(29-24)21-9-5-4-6-10-21/h7-8,12,14-15,21H,4-6,9-11,13,16-17H2,1-3H3. The molecule has 0 N–H and O–H groups in total. The van der Waals surface area contributed by atoms with Gasteiger partial charge in [-0.25, -0.2) is 15.0 Å². The first-order valence-corrected chi connectivity index (χ1v) is 11.8. The second kappa shape index (κ2) is 8.54. The first-order valence-electron chi connectivity index (χ1n) is 11.8. The minimum absolute atomic E-state index is 0.581. The fourth-order valence-corrected chi connectivity index (χ4v) is 5.35. The minimum atomic E-state index is 0.581. The summed E-state index contributed by atoms with van der Waals surface area (Å²) in [7, 11) is 0. The Labute approximate surface area is 185 Å². The monoisotopic (exact) mass is 415 g/mol. The molecule has 0 spiro atoms. The molecule has 0 atom stereocenters. The van der Waals surface area contributed by atoms with Gasteiger partial charge in [-0.3, -0.25) is 4.90 Å². The average Bonchev–Trinajstić information content (AvgIpc) is 3.07. The van der Waals surface area contributed by atoms with Gasteiger partial charge < -0.3 is 4.57 Å². The molecule has 0 bridgehead atoms. The van der Waals surface area contributed by atoms with E-state index in [1.807, 2.05) is 12.3 Å². The van der Waals surface area contributed by atoms with E-state index in [0.29, 0.717) is 5.92 Å². The Balaban J connectivity index is 1.33. The van der Waals surface area contributed by atoms with Crippen LogP contribution < -0.4 is 0 Å². The summed E-state index contributed by atoms with van der Waals surface area (Å²) in [5, 5.41) is 0. The van der Waals surface area contributed by atoms with E-state index in [1.54, 1.807) is 0 Å². The molecule has 0 aromatic carbocycles. The van der Waals surface area contributed by atoms with E-state index in [2.05, 4.69) is 53.6 Å². The van der Waals surface area contributed by atoms with Crippen molar-refractivity contribution in [2.45, 2.75) is 78.3 Å². The van der Waals surface area contributed by atoms with Gasteiger partial charge >= 0.3 is 0 Å². The molecule has 5 rings (SSSR count). The summed E-state index contributed by atoms with van der Waals surface area (Å²) >= 11 is 0. The summed E-state index contributed by atoms with van der Waals surface area (Å²) in [6.07, 6.45) is 11.6. The molecule has 0 unspecified atom stereocenters. The van der Waals surface area contributed by atoms with Crippen LogP contribution in [0.5, 0.6) is 0 Å². The predicted octanol–water partition coefficient (Wildman–Crippen LogP) is 5.19. The maximum Gasteiger partial charge on any atom is 0.139 e. The van der Waals surface area contributed by atoms with Gasteiger partial charge in [0.2, 0.25) is 0 Å². The second-order valence-corrected chi connectivity index (χ2v) is 9.37. The molecule has 3 aromatic rings. The van der Waals surface area contributed by atoms with E-state index in [4.69, 9.17) is 9.97 Å². The number of rotatable bonds is 4. The third kappa shape index (κ3) is 4.03. The molecule has 2 aliphatic rings. The second-order valence-electron chi connectivity index (χ2n) is 9.37. The van der Waals surface area contributed by atoms with E-state index in [0.717, 1.165) is 37.7 Å². The fraction of sp³-hybridized carbons (Fsp3) is 0.500. The highest BCUT2D eigenvalue weighted by molar-refractivity contribution is 5.41. The summed E-state index contributed by atoms with van der Waals surface area (Å²) < 4.78 is 2.29. The van der Waals surface area contributed by atoms with E-state index in [1.165, 1.54) is 65.9 Å². The Hall–Kier alpha value is -2.53. The van der Waals surface area contributed by atoms with Crippen molar-refractivity contribution in [1.82, 2.24) is 24.4 Å². The Kier molecular flexibility index (Phi) is 5.61. The summed E-state index contributed by atoms with van der Waals surface area (Å²) in [5.74, 6) is 2.72. The van der Waals surface area contributed by atoms with E-state index < -0.39 is 0 Å². The van der Waals surface area contributed by atoms with Gasteiger partial charge in [-0.15, -0.1) is 0 Å². The lowest BCUT2D eigenvalue weighted by molar-refractivity contribution is 0.241. The van der Waals surface area contributed by atoms with E-state index >= 15 is 0 Å². The summed E-state index contributed by atoms with van der Waals surface area (Å²) in [5.41, 5.74) is 7.70. The van der Waals surface area contributed by atoms with Crippen molar-refractivity contribution in [1.29, 1.82) is 0 Å². The molecule has 3 aromatic heterocycles. The van der Waals surface area contributed by atoms with Crippen molar-refractivity contribution in [3.63, 3.8) is 0 Å². The zero-order valence-corrected chi connectivity index (χ0v) is 19.1. The van der Waals surface area contributed by atoms with Crippen molar-refractivity contribution in [2.75, 3.05) is 6.54 Å². The highest BCUT2D eigenvalue weighted by Crippen LogP contribution is 2.32. The van der Waals surface area contributed by atoms with Gasteiger partial charge in [-0.05, 0) is 56.9 Å². The quantitative estimate of drug-likeness (QED) is 0.588. The van der Waals surface area contributed by atoms with E-state index in [-0.39, 0.29) is 0 Å². The Morgan fingerprint density at radius 2 is 1.90 bits per heavy atom. The first-order chi connectivity index (χ1) is 15.1. The van der Waals surface area contributed by atoms with Crippen LogP contribution in [0.3, 0.4) is 0 Å². The van der Waals surface area contributed by atoms with Gasteiger partial charge in [-0.1, -0.05) is 25.3 Å².